The molecule has 1 aliphatic carbocycles. The Morgan fingerprint density at radius 3 is 2.37 bits per heavy atom. The number of benzene rings is 1. The maximum atomic E-state index is 12.9. The van der Waals surface area contributed by atoms with E-state index in [0.29, 0.717) is 24.4 Å². The Morgan fingerprint density at radius 2 is 1.81 bits per heavy atom. The summed E-state index contributed by atoms with van der Waals surface area (Å²) in [6.07, 6.45) is 3.05. The zero-order valence-electron chi connectivity index (χ0n) is 16.0. The second-order valence-corrected chi connectivity index (χ2v) is 9.51. The van der Waals surface area contributed by atoms with Gasteiger partial charge in [-0.05, 0) is 61.3 Å². The summed E-state index contributed by atoms with van der Waals surface area (Å²) in [7, 11) is 0. The number of nitrogens with one attached hydrogen (secondary N) is 2. The van der Waals surface area contributed by atoms with Crippen molar-refractivity contribution < 1.29 is 14.4 Å². The predicted molar refractivity (Wildman–Crippen MR) is 107 cm³/mol. The highest BCUT2D eigenvalue weighted by molar-refractivity contribution is 9.10. The average Bonchev–Trinajstić information content (AvgIpc) is 2.81. The fraction of sp³-hybridized carbons (Fsp3) is 0.550. The third kappa shape index (κ3) is 4.18. The quantitative estimate of drug-likeness (QED) is 0.706. The Labute approximate surface area is 168 Å². The van der Waals surface area contributed by atoms with Crippen LogP contribution in [0, 0.1) is 11.3 Å². The molecule has 146 valence electrons. The van der Waals surface area contributed by atoms with Gasteiger partial charge in [0.2, 0.25) is 5.91 Å². The lowest BCUT2D eigenvalue weighted by atomic mass is 9.67. The van der Waals surface area contributed by atoms with Crippen LogP contribution in [0.15, 0.2) is 28.7 Å². The molecule has 1 aromatic carbocycles. The van der Waals surface area contributed by atoms with Gasteiger partial charge >= 0.3 is 6.03 Å². The van der Waals surface area contributed by atoms with Crippen LogP contribution in [0.2, 0.25) is 0 Å². The Bertz CT molecular complexity index is 747. The van der Waals surface area contributed by atoms with Gasteiger partial charge in [0, 0.05) is 10.2 Å². The summed E-state index contributed by atoms with van der Waals surface area (Å²) in [5, 5.41) is 5.59. The van der Waals surface area contributed by atoms with E-state index in [1.54, 1.807) is 12.1 Å². The van der Waals surface area contributed by atoms with Crippen LogP contribution in [0.3, 0.4) is 0 Å². The van der Waals surface area contributed by atoms with Crippen LogP contribution >= 0.6 is 15.9 Å². The molecular formula is C20H26BrN3O3. The van der Waals surface area contributed by atoms with Crippen molar-refractivity contribution in [3.05, 3.63) is 28.7 Å². The zero-order chi connectivity index (χ0) is 19.8. The van der Waals surface area contributed by atoms with Crippen molar-refractivity contribution in [3.8, 4) is 0 Å². The lowest BCUT2D eigenvalue weighted by Gasteiger charge is -2.40. The van der Waals surface area contributed by atoms with E-state index < -0.39 is 11.6 Å². The number of hydrogen-bond acceptors (Lipinski definition) is 3. The molecule has 0 unspecified atom stereocenters. The maximum absolute atomic E-state index is 12.9. The molecular weight excluding hydrogens is 410 g/mol. The van der Waals surface area contributed by atoms with Gasteiger partial charge in [0.05, 0.1) is 0 Å². The van der Waals surface area contributed by atoms with Gasteiger partial charge in [-0.3, -0.25) is 14.5 Å². The molecule has 2 N–H and O–H groups in total. The molecule has 1 aliphatic heterocycles. The van der Waals surface area contributed by atoms with Gasteiger partial charge in [-0.1, -0.05) is 36.7 Å². The number of anilines is 1. The molecule has 1 spiro atoms. The fourth-order valence-electron chi connectivity index (χ4n) is 4.01. The van der Waals surface area contributed by atoms with Gasteiger partial charge in [-0.15, -0.1) is 0 Å². The van der Waals surface area contributed by atoms with Crippen molar-refractivity contribution in [2.75, 3.05) is 11.9 Å². The Balaban J connectivity index is 1.63. The van der Waals surface area contributed by atoms with Crippen molar-refractivity contribution in [1.29, 1.82) is 0 Å². The maximum Gasteiger partial charge on any atom is 0.325 e. The monoisotopic (exact) mass is 435 g/mol. The van der Waals surface area contributed by atoms with Crippen LogP contribution in [0.1, 0.15) is 46.5 Å². The number of urea groups is 1. The summed E-state index contributed by atoms with van der Waals surface area (Å²) < 4.78 is 0.905. The lowest BCUT2D eigenvalue weighted by Crippen LogP contribution is -2.50. The van der Waals surface area contributed by atoms with Gasteiger partial charge in [-0.2, -0.15) is 0 Å². The highest BCUT2D eigenvalue weighted by Crippen LogP contribution is 2.43. The molecule has 4 amide bonds. The number of rotatable bonds is 3. The molecule has 0 atom stereocenters. The molecule has 7 heteroatoms. The fourth-order valence-corrected chi connectivity index (χ4v) is 4.28. The van der Waals surface area contributed by atoms with Crippen molar-refractivity contribution in [3.63, 3.8) is 0 Å². The first-order valence-electron chi connectivity index (χ1n) is 9.30. The molecule has 1 aromatic rings. The van der Waals surface area contributed by atoms with Crippen LogP contribution in [0.5, 0.6) is 0 Å². The molecule has 0 radical (unpaired) electrons. The van der Waals surface area contributed by atoms with Gasteiger partial charge < -0.3 is 10.6 Å². The summed E-state index contributed by atoms with van der Waals surface area (Å²) in [6.45, 7) is 6.36. The molecule has 2 aliphatic rings. The Kier molecular flexibility index (Phi) is 5.34. The van der Waals surface area contributed by atoms with E-state index in [-0.39, 0.29) is 23.8 Å². The number of halogens is 1. The summed E-state index contributed by atoms with van der Waals surface area (Å²) >= 11 is 3.34. The summed E-state index contributed by atoms with van der Waals surface area (Å²) in [4.78, 5) is 38.7. The summed E-state index contributed by atoms with van der Waals surface area (Å²) in [6, 6.07) is 6.66. The number of nitrogens with zero attached hydrogens (tertiary/aromatic N) is 1. The number of amides is 4. The Hall–Kier alpha value is -1.89. The molecule has 3 rings (SSSR count). The second-order valence-electron chi connectivity index (χ2n) is 8.60. The van der Waals surface area contributed by atoms with Crippen molar-refractivity contribution in [2.45, 2.75) is 52.0 Å². The third-order valence-electron chi connectivity index (χ3n) is 5.74. The van der Waals surface area contributed by atoms with Crippen LogP contribution in [-0.4, -0.2) is 34.8 Å². The average molecular weight is 436 g/mol. The lowest BCUT2D eigenvalue weighted by molar-refractivity contribution is -0.135. The van der Waals surface area contributed by atoms with Gasteiger partial charge in [-0.25, -0.2) is 4.79 Å². The molecule has 0 bridgehead atoms. The smallest absolute Gasteiger partial charge is 0.325 e. The van der Waals surface area contributed by atoms with E-state index in [1.165, 1.54) is 0 Å². The van der Waals surface area contributed by atoms with Crippen LogP contribution in [0.4, 0.5) is 10.5 Å². The van der Waals surface area contributed by atoms with E-state index in [4.69, 9.17) is 0 Å². The molecule has 1 heterocycles. The van der Waals surface area contributed by atoms with Crippen LogP contribution in [-0.2, 0) is 9.59 Å². The number of hydrogen-bond donors (Lipinski definition) is 2. The van der Waals surface area contributed by atoms with Crippen LogP contribution < -0.4 is 10.6 Å². The molecule has 2 fully saturated rings. The number of carbonyl (C=O) groups is 3. The molecule has 6 nitrogen and oxygen atoms in total. The van der Waals surface area contributed by atoms with Crippen LogP contribution in [0.25, 0.3) is 0 Å². The van der Waals surface area contributed by atoms with E-state index in [9.17, 15) is 14.4 Å². The molecule has 0 aromatic heterocycles. The van der Waals surface area contributed by atoms with Gasteiger partial charge in [0.25, 0.3) is 5.91 Å². The first-order valence-corrected chi connectivity index (χ1v) is 10.1. The standard InChI is InChI=1S/C20H26BrN3O3/c1-19(2,3)13-8-10-20(11-9-13)17(26)24(18(27)23-20)12-16(25)22-15-6-4-14(21)5-7-15/h4-7,13H,8-12H2,1-3H3,(H,22,25)(H,23,27). The highest BCUT2D eigenvalue weighted by Gasteiger charge is 2.53. The summed E-state index contributed by atoms with van der Waals surface area (Å²) in [5.41, 5.74) is -0.0236. The second kappa shape index (κ2) is 7.26. The largest absolute Gasteiger partial charge is 0.325 e. The molecule has 27 heavy (non-hydrogen) atoms. The topological polar surface area (TPSA) is 78.5 Å². The first kappa shape index (κ1) is 19.9. The van der Waals surface area contributed by atoms with Crippen molar-refractivity contribution in [1.82, 2.24) is 10.2 Å². The van der Waals surface area contributed by atoms with Crippen molar-refractivity contribution >= 4 is 39.5 Å². The zero-order valence-corrected chi connectivity index (χ0v) is 17.6. The number of carbonyl (C=O) groups excluding carboxylic acids is 3. The minimum absolute atomic E-state index is 0.192. The van der Waals surface area contributed by atoms with E-state index in [1.807, 2.05) is 12.1 Å². The molecule has 1 saturated carbocycles. The number of imide groups is 1. The molecule has 1 saturated heterocycles. The first-order chi connectivity index (χ1) is 12.6. The third-order valence-corrected chi connectivity index (χ3v) is 6.27. The van der Waals surface area contributed by atoms with Gasteiger partial charge in [0.15, 0.2) is 0 Å². The normalized spacial score (nSPS) is 25.6. The highest BCUT2D eigenvalue weighted by atomic mass is 79.9. The minimum atomic E-state index is -0.837. The Morgan fingerprint density at radius 1 is 1.22 bits per heavy atom. The summed E-state index contributed by atoms with van der Waals surface area (Å²) in [5.74, 6) is -0.130. The SMILES string of the molecule is CC(C)(C)C1CCC2(CC1)NC(=O)N(CC(=O)Nc1ccc(Br)cc1)C2=O. The van der Waals surface area contributed by atoms with E-state index in [0.717, 1.165) is 22.2 Å². The van der Waals surface area contributed by atoms with Gasteiger partial charge in [0.1, 0.15) is 12.1 Å². The van der Waals surface area contributed by atoms with E-state index >= 15 is 0 Å². The van der Waals surface area contributed by atoms with Crippen molar-refractivity contribution in [2.24, 2.45) is 11.3 Å². The minimum Gasteiger partial charge on any atom is -0.325 e. The van der Waals surface area contributed by atoms with E-state index in [2.05, 4.69) is 47.3 Å². The predicted octanol–water partition coefficient (Wildman–Crippen LogP) is 3.91.